The Balaban J connectivity index is 1.35. The van der Waals surface area contributed by atoms with Crippen LogP contribution in [0.5, 0.6) is 0 Å². The summed E-state index contributed by atoms with van der Waals surface area (Å²) in [7, 11) is 0. The lowest BCUT2D eigenvalue weighted by Crippen LogP contribution is -2.31. The number of thioether (sulfide) groups is 1. The number of fused-ring (bicyclic) bond motifs is 2. The summed E-state index contributed by atoms with van der Waals surface area (Å²) in [6.07, 6.45) is 4.96. The van der Waals surface area contributed by atoms with Crippen LogP contribution >= 0.6 is 11.8 Å². The van der Waals surface area contributed by atoms with Crippen LogP contribution in [0.2, 0.25) is 0 Å². The van der Waals surface area contributed by atoms with E-state index in [9.17, 15) is 9.59 Å². The fourth-order valence-corrected chi connectivity index (χ4v) is 5.29. The van der Waals surface area contributed by atoms with E-state index < -0.39 is 0 Å². The maximum atomic E-state index is 13.0. The number of rotatable bonds is 3. The second kappa shape index (κ2) is 8.67. The van der Waals surface area contributed by atoms with Crippen LogP contribution < -0.4 is 10.6 Å². The molecule has 0 spiro atoms. The number of carbonyl (C=O) groups is 2. The number of aryl methyl sites for hydroxylation is 2. The molecule has 1 aliphatic carbocycles. The van der Waals surface area contributed by atoms with Crippen molar-refractivity contribution < 1.29 is 9.59 Å². The molecule has 0 bridgehead atoms. The van der Waals surface area contributed by atoms with Crippen LogP contribution in [0, 0.1) is 6.92 Å². The van der Waals surface area contributed by atoms with E-state index in [-0.39, 0.29) is 17.9 Å². The number of benzene rings is 3. The van der Waals surface area contributed by atoms with Gasteiger partial charge in [0.1, 0.15) is 0 Å². The molecule has 1 heterocycles. The molecule has 3 aromatic carbocycles. The third-order valence-corrected chi connectivity index (χ3v) is 7.05. The van der Waals surface area contributed by atoms with Gasteiger partial charge in [-0.2, -0.15) is 0 Å². The van der Waals surface area contributed by atoms with Crippen molar-refractivity contribution in [2.45, 2.75) is 37.1 Å². The smallest absolute Gasteiger partial charge is 0.262 e. The largest absolute Gasteiger partial charge is 0.345 e. The zero-order chi connectivity index (χ0) is 22.1. The number of anilines is 1. The summed E-state index contributed by atoms with van der Waals surface area (Å²) in [5, 5.41) is 6.14. The molecule has 0 saturated heterocycles. The molecule has 3 aromatic rings. The molecule has 0 aromatic heterocycles. The highest BCUT2D eigenvalue weighted by atomic mass is 32.2. The van der Waals surface area contributed by atoms with Crippen molar-refractivity contribution in [2.24, 2.45) is 0 Å². The summed E-state index contributed by atoms with van der Waals surface area (Å²) in [5.41, 5.74) is 5.90. The van der Waals surface area contributed by atoms with Gasteiger partial charge in [0, 0.05) is 10.5 Å². The van der Waals surface area contributed by atoms with Gasteiger partial charge in [0.2, 0.25) is 0 Å². The Labute approximate surface area is 192 Å². The molecule has 2 amide bonds. The SMILES string of the molecule is Cc1cccc(C=C2Sc3ccc(C(=O)NC4CCCc5ccccc54)cc3NC2=O)c1. The molecular formula is C27H24N2O2S. The summed E-state index contributed by atoms with van der Waals surface area (Å²) < 4.78 is 0. The van der Waals surface area contributed by atoms with Gasteiger partial charge in [0.25, 0.3) is 11.8 Å². The lowest BCUT2D eigenvalue weighted by Gasteiger charge is -2.26. The average Bonchev–Trinajstić information content (AvgIpc) is 2.79. The molecule has 2 N–H and O–H groups in total. The fourth-order valence-electron chi connectivity index (χ4n) is 4.36. The maximum absolute atomic E-state index is 13.0. The summed E-state index contributed by atoms with van der Waals surface area (Å²) in [6.45, 7) is 2.03. The number of hydrogen-bond donors (Lipinski definition) is 2. The summed E-state index contributed by atoms with van der Waals surface area (Å²) in [4.78, 5) is 27.2. The van der Waals surface area contributed by atoms with Crippen molar-refractivity contribution in [3.8, 4) is 0 Å². The third-order valence-electron chi connectivity index (χ3n) is 5.95. The van der Waals surface area contributed by atoms with E-state index in [4.69, 9.17) is 0 Å². The Hall–Kier alpha value is -3.31. The van der Waals surface area contributed by atoms with Gasteiger partial charge in [0.05, 0.1) is 16.6 Å². The number of hydrogen-bond acceptors (Lipinski definition) is 3. The van der Waals surface area contributed by atoms with Crippen molar-refractivity contribution in [3.05, 3.63) is 99.5 Å². The van der Waals surface area contributed by atoms with Gasteiger partial charge in [-0.3, -0.25) is 9.59 Å². The lowest BCUT2D eigenvalue weighted by molar-refractivity contribution is -0.112. The van der Waals surface area contributed by atoms with Gasteiger partial charge >= 0.3 is 0 Å². The Bertz CT molecular complexity index is 1250. The van der Waals surface area contributed by atoms with Crippen LogP contribution in [-0.4, -0.2) is 11.8 Å². The van der Waals surface area contributed by atoms with Crippen LogP contribution in [0.15, 0.2) is 76.5 Å². The quantitative estimate of drug-likeness (QED) is 0.500. The summed E-state index contributed by atoms with van der Waals surface area (Å²) in [5.74, 6) is -0.266. The highest BCUT2D eigenvalue weighted by Gasteiger charge is 2.25. The maximum Gasteiger partial charge on any atom is 0.262 e. The monoisotopic (exact) mass is 440 g/mol. The molecule has 1 atom stereocenters. The van der Waals surface area contributed by atoms with Crippen molar-refractivity contribution in [1.29, 1.82) is 0 Å². The molecule has 5 rings (SSSR count). The number of amides is 2. The van der Waals surface area contributed by atoms with Gasteiger partial charge in [-0.25, -0.2) is 0 Å². The van der Waals surface area contributed by atoms with Gasteiger partial charge in [-0.05, 0) is 67.2 Å². The standard InChI is InChI=1S/C27H24N2O2S/c1-17-6-4-7-18(14-17)15-25-27(31)29-23-16-20(12-13-24(23)32-25)26(30)28-22-11-5-9-19-8-2-3-10-21(19)22/h2-4,6-8,10,12-16,22H,5,9,11H2,1H3,(H,28,30)(H,29,31). The van der Waals surface area contributed by atoms with Gasteiger partial charge in [-0.15, -0.1) is 0 Å². The molecule has 1 aliphatic heterocycles. The predicted octanol–water partition coefficient (Wildman–Crippen LogP) is 5.89. The third kappa shape index (κ3) is 4.21. The molecule has 160 valence electrons. The van der Waals surface area contributed by atoms with E-state index in [1.54, 1.807) is 6.07 Å². The van der Waals surface area contributed by atoms with E-state index in [2.05, 4.69) is 28.8 Å². The van der Waals surface area contributed by atoms with Crippen LogP contribution in [0.4, 0.5) is 5.69 Å². The first kappa shape index (κ1) is 20.6. The summed E-state index contributed by atoms with van der Waals surface area (Å²) in [6, 6.07) is 21.9. The zero-order valence-corrected chi connectivity index (χ0v) is 18.7. The van der Waals surface area contributed by atoms with Crippen LogP contribution in [0.3, 0.4) is 0 Å². The minimum Gasteiger partial charge on any atom is -0.345 e. The van der Waals surface area contributed by atoms with Crippen LogP contribution in [-0.2, 0) is 11.2 Å². The average molecular weight is 441 g/mol. The second-order valence-electron chi connectivity index (χ2n) is 8.31. The Morgan fingerprint density at radius 2 is 1.97 bits per heavy atom. The molecule has 32 heavy (non-hydrogen) atoms. The highest BCUT2D eigenvalue weighted by Crippen LogP contribution is 2.39. The van der Waals surface area contributed by atoms with Gasteiger partial charge in [0.15, 0.2) is 0 Å². The van der Waals surface area contributed by atoms with Crippen molar-refractivity contribution in [1.82, 2.24) is 5.32 Å². The van der Waals surface area contributed by atoms with Crippen LogP contribution in [0.1, 0.15) is 51.5 Å². The predicted molar refractivity (Wildman–Crippen MR) is 130 cm³/mol. The van der Waals surface area contributed by atoms with Gasteiger partial charge < -0.3 is 10.6 Å². The first-order valence-corrected chi connectivity index (χ1v) is 11.7. The molecule has 2 aliphatic rings. The van der Waals surface area contributed by atoms with E-state index in [0.717, 1.165) is 35.3 Å². The Morgan fingerprint density at radius 1 is 1.09 bits per heavy atom. The molecule has 0 fully saturated rings. The van der Waals surface area contributed by atoms with E-state index in [0.29, 0.717) is 16.2 Å². The van der Waals surface area contributed by atoms with Crippen molar-refractivity contribution in [2.75, 3.05) is 5.32 Å². The Morgan fingerprint density at radius 3 is 2.84 bits per heavy atom. The molecule has 0 saturated carbocycles. The Kier molecular flexibility index (Phi) is 5.58. The van der Waals surface area contributed by atoms with Crippen molar-refractivity contribution in [3.63, 3.8) is 0 Å². The lowest BCUT2D eigenvalue weighted by atomic mass is 9.87. The van der Waals surface area contributed by atoms with Gasteiger partial charge in [-0.1, -0.05) is 65.9 Å². The van der Waals surface area contributed by atoms with E-state index in [1.807, 2.05) is 55.5 Å². The molecular weight excluding hydrogens is 416 g/mol. The fraction of sp³-hybridized carbons (Fsp3) is 0.185. The van der Waals surface area contributed by atoms with E-state index >= 15 is 0 Å². The zero-order valence-electron chi connectivity index (χ0n) is 17.9. The number of nitrogens with one attached hydrogen (secondary N) is 2. The topological polar surface area (TPSA) is 58.2 Å². The van der Waals surface area contributed by atoms with Crippen molar-refractivity contribution >= 4 is 35.3 Å². The molecule has 4 nitrogen and oxygen atoms in total. The summed E-state index contributed by atoms with van der Waals surface area (Å²) >= 11 is 1.43. The minimum absolute atomic E-state index is 0.0244. The minimum atomic E-state index is -0.150. The van der Waals surface area contributed by atoms with E-state index in [1.165, 1.54) is 22.9 Å². The normalized spacial score (nSPS) is 18.5. The first-order valence-electron chi connectivity index (χ1n) is 10.9. The first-order chi connectivity index (χ1) is 15.6. The molecule has 0 radical (unpaired) electrons. The molecule has 5 heteroatoms. The second-order valence-corrected chi connectivity index (χ2v) is 9.39. The molecule has 1 unspecified atom stereocenters. The highest BCUT2D eigenvalue weighted by molar-refractivity contribution is 8.04. The number of carbonyl (C=O) groups excluding carboxylic acids is 2. The van der Waals surface area contributed by atoms with Crippen LogP contribution in [0.25, 0.3) is 6.08 Å².